The summed E-state index contributed by atoms with van der Waals surface area (Å²) in [7, 11) is 0. The average Bonchev–Trinajstić information content (AvgIpc) is 3.51. The van der Waals surface area contributed by atoms with Gasteiger partial charge in [0.25, 0.3) is 0 Å². The Morgan fingerprint density at radius 1 is 0.500 bits per heavy atom. The van der Waals surface area contributed by atoms with Crippen molar-refractivity contribution >= 4 is 15.9 Å². The molecule has 3 nitrogen and oxygen atoms in total. The van der Waals surface area contributed by atoms with Crippen LogP contribution in [-0.2, 0) is 0 Å². The molecule has 0 saturated heterocycles. The molecule has 36 heavy (non-hydrogen) atoms. The average molecular weight is 587 g/mol. The molecule has 0 aliphatic carbocycles. The van der Waals surface area contributed by atoms with Crippen LogP contribution in [0.1, 0.15) is 40.2 Å². The molecule has 2 unspecified atom stereocenters. The van der Waals surface area contributed by atoms with Crippen molar-refractivity contribution in [3.05, 3.63) is 115 Å². The quantitative estimate of drug-likeness (QED) is 0.135. The maximum Gasteiger partial charge on any atom is 0.200 e. The predicted octanol–water partition coefficient (Wildman–Crippen LogP) is 6.76. The fourth-order valence-corrected chi connectivity index (χ4v) is 4.04. The zero-order chi connectivity index (χ0) is 26.6. The normalized spacial score (nSPS) is 13.3. The van der Waals surface area contributed by atoms with Gasteiger partial charge < -0.3 is 15.1 Å². The smallest absolute Gasteiger partial charge is 0.200 e. The van der Waals surface area contributed by atoms with Gasteiger partial charge in [0.1, 0.15) is 6.10 Å². The first-order chi connectivity index (χ1) is 16.9. The van der Waals surface area contributed by atoms with E-state index in [9.17, 15) is 49.0 Å². The fourth-order valence-electron chi connectivity index (χ4n) is 3.68. The zero-order valence-electron chi connectivity index (χ0n) is 17.1. The molecule has 0 aliphatic heterocycles. The van der Waals surface area contributed by atoms with E-state index in [4.69, 9.17) is 0 Å². The van der Waals surface area contributed by atoms with E-state index in [-0.39, 0.29) is 16.0 Å². The fraction of sp³-hybridized carbons (Fsp3) is 0.0909. The van der Waals surface area contributed by atoms with Gasteiger partial charge in [0.15, 0.2) is 46.5 Å². The van der Waals surface area contributed by atoms with Crippen LogP contribution in [0.5, 0.6) is 0 Å². The Morgan fingerprint density at radius 3 is 1.31 bits per heavy atom. The number of aliphatic hydroxyl groups excluding tert-OH is 1. The van der Waals surface area contributed by atoms with Crippen LogP contribution in [0.4, 0.5) is 43.9 Å². The number of halogens is 11. The van der Waals surface area contributed by atoms with E-state index in [2.05, 4.69) is 25.9 Å². The first kappa shape index (κ1) is 25.8. The number of benzene rings is 2. The molecule has 190 valence electrons. The van der Waals surface area contributed by atoms with E-state index in [1.54, 1.807) is 0 Å². The second-order valence-corrected chi connectivity index (χ2v) is 8.29. The number of H-pyrrole nitrogens is 2. The van der Waals surface area contributed by atoms with Crippen molar-refractivity contribution in [2.24, 2.45) is 0 Å². The molecule has 14 heteroatoms. The first-order valence-electron chi connectivity index (χ1n) is 9.60. The van der Waals surface area contributed by atoms with Gasteiger partial charge in [0.05, 0.1) is 16.1 Å². The first-order valence-corrected chi connectivity index (χ1v) is 10.4. The lowest BCUT2D eigenvalue weighted by Crippen LogP contribution is -2.15. The topological polar surface area (TPSA) is 51.8 Å². The Hall–Kier alpha value is -3.26. The van der Waals surface area contributed by atoms with Gasteiger partial charge in [-0.05, 0) is 40.2 Å². The zero-order valence-corrected chi connectivity index (χ0v) is 18.7. The highest BCUT2D eigenvalue weighted by Crippen LogP contribution is 2.39. The maximum atomic E-state index is 14.7. The van der Waals surface area contributed by atoms with E-state index in [1.165, 1.54) is 12.1 Å². The van der Waals surface area contributed by atoms with Crippen LogP contribution in [0.25, 0.3) is 0 Å². The van der Waals surface area contributed by atoms with Crippen LogP contribution >= 0.6 is 15.9 Å². The van der Waals surface area contributed by atoms with E-state index in [0.29, 0.717) is 0 Å². The molecule has 0 radical (unpaired) electrons. The number of aromatic nitrogens is 2. The highest BCUT2D eigenvalue weighted by molar-refractivity contribution is 9.10. The SMILES string of the molecule is OC(c1ccc(C(c2ccc(Br)[nH]2)c2c(F)c(F)c(F)c(F)c2F)[nH]1)c1c(F)c(F)c(F)c(F)c1F. The van der Waals surface area contributed by atoms with Crippen molar-refractivity contribution in [3.8, 4) is 0 Å². The van der Waals surface area contributed by atoms with Gasteiger partial charge in [-0.15, -0.1) is 0 Å². The number of aliphatic hydroxyl groups is 1. The van der Waals surface area contributed by atoms with Gasteiger partial charge in [-0.2, -0.15) is 0 Å². The van der Waals surface area contributed by atoms with Crippen LogP contribution in [0, 0.1) is 58.2 Å². The Morgan fingerprint density at radius 2 is 0.861 bits per heavy atom. The molecule has 0 bridgehead atoms. The number of aromatic amines is 2. The number of hydrogen-bond donors (Lipinski definition) is 3. The maximum absolute atomic E-state index is 14.7. The third-order valence-corrected chi connectivity index (χ3v) is 5.83. The van der Waals surface area contributed by atoms with Gasteiger partial charge in [0, 0.05) is 22.6 Å². The highest BCUT2D eigenvalue weighted by atomic mass is 79.9. The summed E-state index contributed by atoms with van der Waals surface area (Å²) in [6.45, 7) is 0. The molecule has 0 amide bonds. The Bertz CT molecular complexity index is 1440. The Kier molecular flexibility index (Phi) is 6.68. The lowest BCUT2D eigenvalue weighted by molar-refractivity contribution is 0.198. The van der Waals surface area contributed by atoms with E-state index in [0.717, 1.165) is 12.1 Å². The monoisotopic (exact) mass is 586 g/mol. The van der Waals surface area contributed by atoms with Crippen molar-refractivity contribution in [3.63, 3.8) is 0 Å². The third kappa shape index (κ3) is 3.97. The summed E-state index contributed by atoms with van der Waals surface area (Å²) in [5.74, 6) is -24.8. The van der Waals surface area contributed by atoms with E-state index >= 15 is 0 Å². The van der Waals surface area contributed by atoms with E-state index in [1.807, 2.05) is 0 Å². The number of hydrogen-bond acceptors (Lipinski definition) is 1. The lowest BCUT2D eigenvalue weighted by atomic mass is 9.91. The Balaban J connectivity index is 1.90. The second-order valence-electron chi connectivity index (χ2n) is 7.43. The molecular weight excluding hydrogens is 578 g/mol. The molecule has 2 aromatic heterocycles. The van der Waals surface area contributed by atoms with Crippen molar-refractivity contribution in [2.45, 2.75) is 12.0 Å². The minimum absolute atomic E-state index is 0.135. The van der Waals surface area contributed by atoms with Crippen LogP contribution in [-0.4, -0.2) is 15.1 Å². The van der Waals surface area contributed by atoms with Crippen molar-refractivity contribution < 1.29 is 49.0 Å². The van der Waals surface area contributed by atoms with Crippen LogP contribution in [0.3, 0.4) is 0 Å². The summed E-state index contributed by atoms with van der Waals surface area (Å²) < 4.78 is 140. The summed E-state index contributed by atoms with van der Waals surface area (Å²) in [5.41, 5.74) is -4.07. The molecule has 0 aliphatic rings. The second kappa shape index (κ2) is 9.32. The summed E-state index contributed by atoms with van der Waals surface area (Å²) in [6, 6.07) is 4.38. The van der Waals surface area contributed by atoms with Crippen LogP contribution in [0.2, 0.25) is 0 Å². The molecule has 0 spiro atoms. The summed E-state index contributed by atoms with van der Waals surface area (Å²) in [6.07, 6.45) is -2.50. The van der Waals surface area contributed by atoms with Gasteiger partial charge in [-0.3, -0.25) is 0 Å². The van der Waals surface area contributed by atoms with Crippen molar-refractivity contribution in [1.29, 1.82) is 0 Å². The molecule has 2 heterocycles. The standard InChI is InChI=1S/C22H9BrF10N2O/c23-8-4-3-6(35-8)9(10-12(24)16(28)20(32)17(29)13(10)25)5-1-2-7(34-5)22(36)11-14(26)18(30)21(33)19(31)15(11)27/h1-4,9,22,34-36H. The van der Waals surface area contributed by atoms with Crippen LogP contribution < -0.4 is 0 Å². The van der Waals surface area contributed by atoms with Crippen molar-refractivity contribution in [1.82, 2.24) is 9.97 Å². The molecule has 3 N–H and O–H groups in total. The number of rotatable bonds is 5. The summed E-state index contributed by atoms with van der Waals surface area (Å²) >= 11 is 3.03. The van der Waals surface area contributed by atoms with E-state index < -0.39 is 87.0 Å². The molecule has 2 aromatic carbocycles. The molecule has 2 atom stereocenters. The number of nitrogens with one attached hydrogen (secondary N) is 2. The van der Waals surface area contributed by atoms with Gasteiger partial charge in [0.2, 0.25) is 11.6 Å². The largest absolute Gasteiger partial charge is 0.382 e. The molecule has 0 saturated carbocycles. The van der Waals surface area contributed by atoms with Gasteiger partial charge in [-0.25, -0.2) is 43.9 Å². The summed E-state index contributed by atoms with van der Waals surface area (Å²) in [4.78, 5) is 4.90. The molecule has 4 aromatic rings. The molecule has 0 fully saturated rings. The lowest BCUT2D eigenvalue weighted by Gasteiger charge is -2.19. The third-order valence-electron chi connectivity index (χ3n) is 5.37. The van der Waals surface area contributed by atoms with Gasteiger partial charge >= 0.3 is 0 Å². The van der Waals surface area contributed by atoms with Gasteiger partial charge in [-0.1, -0.05) is 0 Å². The highest BCUT2D eigenvalue weighted by Gasteiger charge is 2.35. The van der Waals surface area contributed by atoms with Crippen molar-refractivity contribution in [2.75, 3.05) is 0 Å². The minimum Gasteiger partial charge on any atom is -0.382 e. The summed E-state index contributed by atoms with van der Waals surface area (Å²) in [5, 5.41) is 10.4. The predicted molar refractivity (Wildman–Crippen MR) is 107 cm³/mol. The minimum atomic E-state index is -2.50. The Labute approximate surface area is 202 Å². The van der Waals surface area contributed by atoms with Crippen LogP contribution in [0.15, 0.2) is 28.9 Å². The molecular formula is C22H9BrF10N2O. The molecule has 4 rings (SSSR count).